The van der Waals surface area contributed by atoms with Gasteiger partial charge in [0.2, 0.25) is 5.91 Å². The van der Waals surface area contributed by atoms with E-state index in [0.717, 1.165) is 28.6 Å². The van der Waals surface area contributed by atoms with Crippen LogP contribution in [0.1, 0.15) is 32.1 Å². The molecule has 1 heterocycles. The van der Waals surface area contributed by atoms with E-state index in [2.05, 4.69) is 15.5 Å². The van der Waals surface area contributed by atoms with Crippen molar-refractivity contribution in [1.82, 2.24) is 15.5 Å². The van der Waals surface area contributed by atoms with Gasteiger partial charge in [0.05, 0.1) is 11.9 Å². The molecule has 0 aliphatic heterocycles. The Hall–Kier alpha value is -1.62. The molecule has 1 fully saturated rings. The molecule has 0 unspecified atom stereocenters. The fourth-order valence-corrected chi connectivity index (χ4v) is 3.56. The Labute approximate surface area is 128 Å². The molecule has 21 heavy (non-hydrogen) atoms. The van der Waals surface area contributed by atoms with Gasteiger partial charge in [-0.3, -0.25) is 4.79 Å². The van der Waals surface area contributed by atoms with Gasteiger partial charge < -0.3 is 5.32 Å². The minimum Gasteiger partial charge on any atom is -0.353 e. The fourth-order valence-electron chi connectivity index (χ4n) is 2.76. The summed E-state index contributed by atoms with van der Waals surface area (Å²) in [5.74, 6) is 0.501. The summed E-state index contributed by atoms with van der Waals surface area (Å²) in [7, 11) is 0. The summed E-state index contributed by atoms with van der Waals surface area (Å²) in [6.45, 7) is 0. The van der Waals surface area contributed by atoms with Crippen LogP contribution in [0.3, 0.4) is 0 Å². The van der Waals surface area contributed by atoms with Crippen LogP contribution >= 0.6 is 11.8 Å². The molecule has 0 radical (unpaired) electrons. The standard InChI is InChI=1S/C16H19N3OS/c20-15(18-13-7-2-1-3-8-13)11-21-16-14-9-5-4-6-12(14)10-17-19-16/h4-6,9-10,13H,1-3,7-8,11H2,(H,18,20). The van der Waals surface area contributed by atoms with Crippen LogP contribution in [0.2, 0.25) is 0 Å². The molecule has 0 spiro atoms. The van der Waals surface area contributed by atoms with E-state index in [1.165, 1.54) is 31.0 Å². The van der Waals surface area contributed by atoms with Gasteiger partial charge in [-0.05, 0) is 12.8 Å². The van der Waals surface area contributed by atoms with Gasteiger partial charge in [-0.2, -0.15) is 5.10 Å². The van der Waals surface area contributed by atoms with Crippen LogP contribution in [0.25, 0.3) is 10.8 Å². The van der Waals surface area contributed by atoms with Crippen LogP contribution in [0.4, 0.5) is 0 Å². The summed E-state index contributed by atoms with van der Waals surface area (Å²) in [5.41, 5.74) is 0. The molecular weight excluding hydrogens is 282 g/mol. The zero-order chi connectivity index (χ0) is 14.5. The number of aromatic nitrogens is 2. The predicted molar refractivity (Wildman–Crippen MR) is 85.3 cm³/mol. The normalized spacial score (nSPS) is 16.0. The number of carbonyl (C=O) groups excluding carboxylic acids is 1. The highest BCUT2D eigenvalue weighted by molar-refractivity contribution is 8.00. The Bertz CT molecular complexity index is 620. The van der Waals surface area contributed by atoms with Crippen LogP contribution in [0.15, 0.2) is 35.5 Å². The first-order chi connectivity index (χ1) is 10.3. The van der Waals surface area contributed by atoms with E-state index in [-0.39, 0.29) is 5.91 Å². The second kappa shape index (κ2) is 6.89. The number of fused-ring (bicyclic) bond motifs is 1. The Morgan fingerprint density at radius 2 is 2.05 bits per heavy atom. The molecule has 0 saturated heterocycles. The van der Waals surface area contributed by atoms with Crippen LogP contribution < -0.4 is 5.32 Å². The number of benzene rings is 1. The molecular formula is C16H19N3OS. The summed E-state index contributed by atoms with van der Waals surface area (Å²) < 4.78 is 0. The highest BCUT2D eigenvalue weighted by atomic mass is 32.2. The van der Waals surface area contributed by atoms with Crippen molar-refractivity contribution in [1.29, 1.82) is 0 Å². The number of nitrogens with one attached hydrogen (secondary N) is 1. The maximum Gasteiger partial charge on any atom is 0.230 e. The maximum atomic E-state index is 12.0. The second-order valence-electron chi connectivity index (χ2n) is 5.43. The molecule has 1 aliphatic carbocycles. The van der Waals surface area contributed by atoms with Gasteiger partial charge in [-0.1, -0.05) is 55.3 Å². The van der Waals surface area contributed by atoms with E-state index in [0.29, 0.717) is 11.8 Å². The van der Waals surface area contributed by atoms with E-state index in [4.69, 9.17) is 0 Å². The third-order valence-electron chi connectivity index (χ3n) is 3.85. The van der Waals surface area contributed by atoms with Crippen molar-refractivity contribution in [2.75, 3.05) is 5.75 Å². The number of hydrogen-bond donors (Lipinski definition) is 1. The second-order valence-corrected chi connectivity index (χ2v) is 6.39. The van der Waals surface area contributed by atoms with Crippen molar-refractivity contribution in [3.8, 4) is 0 Å². The third kappa shape index (κ3) is 3.73. The summed E-state index contributed by atoms with van der Waals surface area (Å²) in [6.07, 6.45) is 7.74. The molecule has 1 saturated carbocycles. The molecule has 1 aliphatic rings. The zero-order valence-corrected chi connectivity index (χ0v) is 12.7. The van der Waals surface area contributed by atoms with Gasteiger partial charge >= 0.3 is 0 Å². The monoisotopic (exact) mass is 301 g/mol. The lowest BCUT2D eigenvalue weighted by atomic mass is 9.95. The van der Waals surface area contributed by atoms with Crippen LogP contribution in [-0.2, 0) is 4.79 Å². The van der Waals surface area contributed by atoms with Crippen molar-refractivity contribution < 1.29 is 4.79 Å². The van der Waals surface area contributed by atoms with Crippen molar-refractivity contribution in [2.45, 2.75) is 43.2 Å². The fraction of sp³-hybridized carbons (Fsp3) is 0.438. The van der Waals surface area contributed by atoms with E-state index in [1.807, 2.05) is 24.3 Å². The van der Waals surface area contributed by atoms with E-state index < -0.39 is 0 Å². The van der Waals surface area contributed by atoms with Gasteiger partial charge in [0.25, 0.3) is 0 Å². The predicted octanol–water partition coefficient (Wildman–Crippen LogP) is 3.17. The first-order valence-corrected chi connectivity index (χ1v) is 8.44. The molecule has 1 aromatic heterocycles. The minimum atomic E-state index is 0.0987. The lowest BCUT2D eigenvalue weighted by Gasteiger charge is -2.22. The van der Waals surface area contributed by atoms with Crippen molar-refractivity contribution in [3.05, 3.63) is 30.5 Å². The number of hydrogen-bond acceptors (Lipinski definition) is 4. The van der Waals surface area contributed by atoms with E-state index in [9.17, 15) is 4.79 Å². The lowest BCUT2D eigenvalue weighted by molar-refractivity contribution is -0.119. The highest BCUT2D eigenvalue weighted by Crippen LogP contribution is 2.24. The molecule has 2 aromatic rings. The number of carbonyl (C=O) groups is 1. The van der Waals surface area contributed by atoms with Gasteiger partial charge in [0.15, 0.2) is 0 Å². The summed E-state index contributed by atoms with van der Waals surface area (Å²) in [6, 6.07) is 8.36. The van der Waals surface area contributed by atoms with Gasteiger partial charge in [-0.25, -0.2) is 0 Å². The number of thioether (sulfide) groups is 1. The lowest BCUT2D eigenvalue weighted by Crippen LogP contribution is -2.37. The number of amides is 1. The minimum absolute atomic E-state index is 0.0987. The number of rotatable bonds is 4. The maximum absolute atomic E-state index is 12.0. The van der Waals surface area contributed by atoms with Crippen molar-refractivity contribution in [3.63, 3.8) is 0 Å². The quantitative estimate of drug-likeness (QED) is 0.881. The summed E-state index contributed by atoms with van der Waals surface area (Å²) in [4.78, 5) is 12.0. The van der Waals surface area contributed by atoms with Crippen molar-refractivity contribution >= 4 is 28.4 Å². The van der Waals surface area contributed by atoms with Crippen molar-refractivity contribution in [2.24, 2.45) is 0 Å². The molecule has 1 amide bonds. The average molecular weight is 301 g/mol. The van der Waals surface area contributed by atoms with E-state index >= 15 is 0 Å². The first kappa shape index (κ1) is 14.3. The topological polar surface area (TPSA) is 54.9 Å². The summed E-state index contributed by atoms with van der Waals surface area (Å²) in [5, 5.41) is 14.2. The molecule has 0 atom stereocenters. The average Bonchev–Trinajstić information content (AvgIpc) is 2.54. The third-order valence-corrected chi connectivity index (χ3v) is 4.83. The van der Waals surface area contributed by atoms with Gasteiger partial charge in [0, 0.05) is 16.8 Å². The molecule has 3 rings (SSSR count). The molecule has 1 N–H and O–H groups in total. The zero-order valence-electron chi connectivity index (χ0n) is 11.9. The Morgan fingerprint density at radius 3 is 2.90 bits per heavy atom. The smallest absolute Gasteiger partial charge is 0.230 e. The number of nitrogens with zero attached hydrogens (tertiary/aromatic N) is 2. The molecule has 110 valence electrons. The van der Waals surface area contributed by atoms with Gasteiger partial charge in [-0.15, -0.1) is 5.10 Å². The Balaban J connectivity index is 1.59. The molecule has 5 heteroatoms. The molecule has 0 bridgehead atoms. The first-order valence-electron chi connectivity index (χ1n) is 7.45. The summed E-state index contributed by atoms with van der Waals surface area (Å²) >= 11 is 1.46. The van der Waals surface area contributed by atoms with Crippen LogP contribution in [0.5, 0.6) is 0 Å². The van der Waals surface area contributed by atoms with Gasteiger partial charge in [0.1, 0.15) is 5.03 Å². The Kier molecular flexibility index (Phi) is 4.70. The van der Waals surface area contributed by atoms with E-state index in [1.54, 1.807) is 6.20 Å². The molecule has 4 nitrogen and oxygen atoms in total. The van der Waals surface area contributed by atoms with Crippen LogP contribution in [-0.4, -0.2) is 27.9 Å². The highest BCUT2D eigenvalue weighted by Gasteiger charge is 2.16. The Morgan fingerprint density at radius 1 is 1.24 bits per heavy atom. The molecule has 1 aromatic carbocycles. The largest absolute Gasteiger partial charge is 0.353 e. The SMILES string of the molecule is O=C(CSc1nncc2ccccc12)NC1CCCCC1. The van der Waals surface area contributed by atoms with Crippen LogP contribution in [0, 0.1) is 0 Å².